The Labute approximate surface area is 104 Å². The molecule has 2 atom stereocenters. The van der Waals surface area contributed by atoms with Gasteiger partial charge in [0.1, 0.15) is 0 Å². The van der Waals surface area contributed by atoms with Gasteiger partial charge in [0.15, 0.2) is 15.9 Å². The molecule has 2 amide bonds. The van der Waals surface area contributed by atoms with E-state index in [1.165, 1.54) is 0 Å². The Morgan fingerprint density at radius 3 is 2.50 bits per heavy atom. The van der Waals surface area contributed by atoms with Crippen LogP contribution in [0.2, 0.25) is 0 Å². The first-order valence-electron chi connectivity index (χ1n) is 5.46. The van der Waals surface area contributed by atoms with E-state index >= 15 is 0 Å². The highest BCUT2D eigenvalue weighted by atomic mass is 32.2. The van der Waals surface area contributed by atoms with E-state index in [0.29, 0.717) is 12.8 Å². The standard InChI is InChI=1S/C9H16N2O6S/c12-5-7(8(13)14)11-9(15)10-4-6-2-1-3-18(6,16)17/h6-7,12H,1-5H2,(H,13,14)(H2,10,11,15). The van der Waals surface area contributed by atoms with E-state index in [4.69, 9.17) is 10.2 Å². The molecule has 4 N–H and O–H groups in total. The first kappa shape index (κ1) is 14.7. The fourth-order valence-electron chi connectivity index (χ4n) is 1.69. The molecular weight excluding hydrogens is 264 g/mol. The predicted molar refractivity (Wildman–Crippen MR) is 61.9 cm³/mol. The first-order chi connectivity index (χ1) is 8.36. The van der Waals surface area contributed by atoms with Crippen LogP contribution in [0.3, 0.4) is 0 Å². The molecule has 0 aliphatic carbocycles. The van der Waals surface area contributed by atoms with Gasteiger partial charge in [-0.1, -0.05) is 0 Å². The minimum Gasteiger partial charge on any atom is -0.480 e. The normalized spacial score (nSPS) is 23.3. The van der Waals surface area contributed by atoms with Crippen LogP contribution in [0.4, 0.5) is 4.79 Å². The van der Waals surface area contributed by atoms with Crippen molar-refractivity contribution in [2.75, 3.05) is 18.9 Å². The third kappa shape index (κ3) is 3.84. The van der Waals surface area contributed by atoms with Gasteiger partial charge in [0.2, 0.25) is 0 Å². The minimum absolute atomic E-state index is 0.0497. The van der Waals surface area contributed by atoms with E-state index in [1.54, 1.807) is 0 Å². The molecule has 0 aromatic carbocycles. The third-order valence-corrected chi connectivity index (χ3v) is 5.01. The molecule has 1 aliphatic heterocycles. The molecule has 0 radical (unpaired) electrons. The molecule has 9 heteroatoms. The number of rotatable bonds is 5. The fourth-order valence-corrected chi connectivity index (χ4v) is 3.45. The van der Waals surface area contributed by atoms with Crippen LogP contribution in [0, 0.1) is 0 Å². The molecule has 0 saturated carbocycles. The number of hydrogen-bond donors (Lipinski definition) is 4. The number of aliphatic hydroxyl groups is 1. The van der Waals surface area contributed by atoms with Crippen LogP contribution in [0.5, 0.6) is 0 Å². The molecule has 18 heavy (non-hydrogen) atoms. The molecule has 0 aromatic heterocycles. The zero-order valence-corrected chi connectivity index (χ0v) is 10.4. The number of amides is 2. The summed E-state index contributed by atoms with van der Waals surface area (Å²) in [5, 5.41) is 21.0. The average molecular weight is 280 g/mol. The van der Waals surface area contributed by atoms with Crippen LogP contribution in [-0.2, 0) is 14.6 Å². The van der Waals surface area contributed by atoms with Crippen molar-refractivity contribution in [2.24, 2.45) is 0 Å². The van der Waals surface area contributed by atoms with Gasteiger partial charge < -0.3 is 20.8 Å². The van der Waals surface area contributed by atoms with Gasteiger partial charge in [-0.15, -0.1) is 0 Å². The summed E-state index contributed by atoms with van der Waals surface area (Å²) in [5.41, 5.74) is 0. The lowest BCUT2D eigenvalue weighted by Crippen LogP contribution is -2.49. The van der Waals surface area contributed by atoms with Crippen molar-refractivity contribution in [3.8, 4) is 0 Å². The summed E-state index contributed by atoms with van der Waals surface area (Å²) in [5.74, 6) is -1.24. The van der Waals surface area contributed by atoms with Gasteiger partial charge in [-0.05, 0) is 12.8 Å². The van der Waals surface area contributed by atoms with Gasteiger partial charge in [0.05, 0.1) is 17.6 Å². The van der Waals surface area contributed by atoms with Crippen LogP contribution in [-0.4, -0.2) is 60.8 Å². The number of carbonyl (C=O) groups is 2. The number of carbonyl (C=O) groups excluding carboxylic acids is 1. The van der Waals surface area contributed by atoms with Crippen molar-refractivity contribution in [3.05, 3.63) is 0 Å². The van der Waals surface area contributed by atoms with Gasteiger partial charge in [0, 0.05) is 6.54 Å². The Hall–Kier alpha value is -1.35. The number of aliphatic hydroxyl groups excluding tert-OH is 1. The van der Waals surface area contributed by atoms with Crippen LogP contribution < -0.4 is 10.6 Å². The Morgan fingerprint density at radius 1 is 1.39 bits per heavy atom. The highest BCUT2D eigenvalue weighted by Crippen LogP contribution is 2.18. The number of nitrogens with one attached hydrogen (secondary N) is 2. The summed E-state index contributed by atoms with van der Waals surface area (Å²) < 4.78 is 22.9. The van der Waals surface area contributed by atoms with Crippen molar-refractivity contribution >= 4 is 21.8 Å². The highest BCUT2D eigenvalue weighted by molar-refractivity contribution is 7.92. The Balaban J connectivity index is 2.40. The van der Waals surface area contributed by atoms with E-state index in [1.807, 2.05) is 5.32 Å². The molecule has 0 spiro atoms. The molecule has 0 bridgehead atoms. The zero-order valence-electron chi connectivity index (χ0n) is 9.63. The van der Waals surface area contributed by atoms with Crippen molar-refractivity contribution in [1.82, 2.24) is 10.6 Å². The molecule has 1 aliphatic rings. The smallest absolute Gasteiger partial charge is 0.328 e. The molecule has 1 heterocycles. The summed E-state index contributed by atoms with van der Waals surface area (Å²) in [4.78, 5) is 21.8. The quantitative estimate of drug-likeness (QED) is 0.475. The van der Waals surface area contributed by atoms with Gasteiger partial charge in [0.25, 0.3) is 0 Å². The molecule has 0 aromatic rings. The maximum Gasteiger partial charge on any atom is 0.328 e. The molecule has 1 rings (SSSR count). The lowest BCUT2D eigenvalue weighted by atomic mass is 10.2. The lowest BCUT2D eigenvalue weighted by Gasteiger charge is -2.14. The van der Waals surface area contributed by atoms with Crippen molar-refractivity contribution in [3.63, 3.8) is 0 Å². The number of urea groups is 1. The lowest BCUT2D eigenvalue weighted by molar-refractivity contribution is -0.140. The van der Waals surface area contributed by atoms with Crippen LogP contribution in [0.1, 0.15) is 12.8 Å². The average Bonchev–Trinajstić information content (AvgIpc) is 2.62. The summed E-state index contributed by atoms with van der Waals surface area (Å²) in [7, 11) is -3.14. The maximum atomic E-state index is 11.5. The number of aliphatic carboxylic acids is 1. The Bertz CT molecular complexity index is 421. The SMILES string of the molecule is O=C(NCC1CCCS1(=O)=O)NC(CO)C(=O)O. The van der Waals surface area contributed by atoms with Crippen molar-refractivity contribution in [2.45, 2.75) is 24.1 Å². The first-order valence-corrected chi connectivity index (χ1v) is 7.18. The Morgan fingerprint density at radius 2 is 2.06 bits per heavy atom. The van der Waals surface area contributed by atoms with Gasteiger partial charge in [-0.2, -0.15) is 0 Å². The van der Waals surface area contributed by atoms with E-state index < -0.39 is 39.7 Å². The van der Waals surface area contributed by atoms with Crippen LogP contribution >= 0.6 is 0 Å². The summed E-state index contributed by atoms with van der Waals surface area (Å²) in [6.07, 6.45) is 1.07. The third-order valence-electron chi connectivity index (χ3n) is 2.74. The highest BCUT2D eigenvalue weighted by Gasteiger charge is 2.31. The van der Waals surface area contributed by atoms with Gasteiger partial charge in [-0.3, -0.25) is 0 Å². The second kappa shape index (κ2) is 6.01. The van der Waals surface area contributed by atoms with Crippen LogP contribution in [0.15, 0.2) is 0 Å². The topological polar surface area (TPSA) is 133 Å². The maximum absolute atomic E-state index is 11.5. The number of carboxylic acids is 1. The number of carboxylic acid groups (broad SMARTS) is 1. The zero-order chi connectivity index (χ0) is 13.8. The minimum atomic E-state index is -3.14. The monoisotopic (exact) mass is 280 g/mol. The van der Waals surface area contributed by atoms with Gasteiger partial charge >= 0.3 is 12.0 Å². The van der Waals surface area contributed by atoms with Crippen LogP contribution in [0.25, 0.3) is 0 Å². The number of hydrogen-bond acceptors (Lipinski definition) is 5. The molecule has 2 unspecified atom stereocenters. The van der Waals surface area contributed by atoms with E-state index in [9.17, 15) is 18.0 Å². The predicted octanol–water partition coefficient (Wildman–Crippen LogP) is -1.69. The summed E-state index contributed by atoms with van der Waals surface area (Å²) in [6.45, 7) is -0.781. The second-order valence-electron chi connectivity index (χ2n) is 4.06. The summed E-state index contributed by atoms with van der Waals surface area (Å²) >= 11 is 0. The molecule has 1 saturated heterocycles. The summed E-state index contributed by atoms with van der Waals surface area (Å²) in [6, 6.07) is -2.20. The van der Waals surface area contributed by atoms with E-state index in [-0.39, 0.29) is 12.3 Å². The Kier molecular flexibility index (Phi) is 4.91. The van der Waals surface area contributed by atoms with Crippen molar-refractivity contribution in [1.29, 1.82) is 0 Å². The molecule has 104 valence electrons. The van der Waals surface area contributed by atoms with E-state index in [2.05, 4.69) is 5.32 Å². The van der Waals surface area contributed by atoms with Gasteiger partial charge in [-0.25, -0.2) is 18.0 Å². The van der Waals surface area contributed by atoms with Crippen molar-refractivity contribution < 1.29 is 28.2 Å². The second-order valence-corrected chi connectivity index (χ2v) is 6.46. The molecule has 8 nitrogen and oxygen atoms in total. The van der Waals surface area contributed by atoms with E-state index in [0.717, 1.165) is 0 Å². The molecular formula is C9H16N2O6S. The largest absolute Gasteiger partial charge is 0.480 e. The molecule has 1 fully saturated rings. The fraction of sp³-hybridized carbons (Fsp3) is 0.778. The number of sulfone groups is 1.